The van der Waals surface area contributed by atoms with E-state index in [1.807, 2.05) is 12.1 Å². The third-order valence-corrected chi connectivity index (χ3v) is 4.30. The highest BCUT2D eigenvalue weighted by atomic mass is 16.7. The topological polar surface area (TPSA) is 78.8 Å². The van der Waals surface area contributed by atoms with Gasteiger partial charge >= 0.3 is 6.16 Å². The number of hydrogen-bond donors (Lipinski definition) is 3. The predicted octanol–water partition coefficient (Wildman–Crippen LogP) is 5.95. The number of aromatic hydroxyl groups is 1. The molecule has 0 bridgehead atoms. The summed E-state index contributed by atoms with van der Waals surface area (Å²) >= 11 is 0. The summed E-state index contributed by atoms with van der Waals surface area (Å²) in [5.74, 6) is -0.0427. The minimum absolute atomic E-state index is 0.0662. The first kappa shape index (κ1) is 21.1. The summed E-state index contributed by atoms with van der Waals surface area (Å²) in [5.41, 5.74) is 1.27. The zero-order chi connectivity index (χ0) is 18.5. The van der Waals surface area contributed by atoms with Gasteiger partial charge in [0.2, 0.25) is 0 Å². The normalized spacial score (nSPS) is 10.6. The average molecular weight is 351 g/mol. The molecule has 142 valence electrons. The number of hydrogen-bond acceptors (Lipinski definition) is 4. The maximum atomic E-state index is 10.9. The predicted molar refractivity (Wildman–Crippen MR) is 102 cm³/mol. The third-order valence-electron chi connectivity index (χ3n) is 4.30. The first-order chi connectivity index (χ1) is 12.1. The van der Waals surface area contributed by atoms with Crippen LogP contribution in [-0.4, -0.2) is 22.9 Å². The molecule has 1 aromatic rings. The van der Waals surface area contributed by atoms with Crippen molar-refractivity contribution in [3.05, 3.63) is 17.7 Å². The fourth-order valence-corrected chi connectivity index (χ4v) is 2.85. The van der Waals surface area contributed by atoms with Gasteiger partial charge < -0.3 is 20.3 Å². The van der Waals surface area contributed by atoms with Gasteiger partial charge in [0.15, 0.2) is 11.5 Å². The summed E-state index contributed by atoms with van der Waals surface area (Å²) in [5, 5.41) is 22.5. The van der Waals surface area contributed by atoms with Crippen molar-refractivity contribution in [1.29, 1.82) is 0 Å². The molecule has 1 aromatic carbocycles. The molecule has 0 saturated carbocycles. The van der Waals surface area contributed by atoms with E-state index in [0.717, 1.165) is 44.2 Å². The molecule has 3 N–H and O–H groups in total. The Balaban J connectivity index is 2.62. The quantitative estimate of drug-likeness (QED) is 0.177. The Morgan fingerprint density at radius 3 is 2.32 bits per heavy atom. The number of anilines is 1. The Bertz CT molecular complexity index is 517. The minimum atomic E-state index is -1.40. The van der Waals surface area contributed by atoms with Crippen LogP contribution in [-0.2, 0) is 6.42 Å². The Kier molecular flexibility index (Phi) is 10.5. The molecule has 0 spiro atoms. The lowest BCUT2D eigenvalue weighted by atomic mass is 10.0. The van der Waals surface area contributed by atoms with Gasteiger partial charge in [0.25, 0.3) is 0 Å². The maximum absolute atomic E-state index is 10.9. The van der Waals surface area contributed by atoms with Gasteiger partial charge in [-0.25, -0.2) is 4.79 Å². The van der Waals surface area contributed by atoms with Gasteiger partial charge in [-0.1, -0.05) is 64.9 Å². The second-order valence-corrected chi connectivity index (χ2v) is 6.47. The van der Waals surface area contributed by atoms with Crippen molar-refractivity contribution in [3.63, 3.8) is 0 Å². The molecule has 0 radical (unpaired) electrons. The van der Waals surface area contributed by atoms with Gasteiger partial charge in [0.05, 0.1) is 5.69 Å². The van der Waals surface area contributed by atoms with E-state index in [-0.39, 0.29) is 11.5 Å². The monoisotopic (exact) mass is 351 g/mol. The van der Waals surface area contributed by atoms with E-state index in [0.29, 0.717) is 12.1 Å². The fraction of sp³-hybridized carbons (Fsp3) is 0.650. The molecule has 0 heterocycles. The van der Waals surface area contributed by atoms with E-state index in [1.165, 1.54) is 25.7 Å². The fourth-order valence-electron chi connectivity index (χ4n) is 2.85. The minimum Gasteiger partial charge on any atom is -0.503 e. The standard InChI is InChI=1S/C20H33NO4/c1-3-5-7-8-9-11-15-21-17-14-13-16(12-10-6-4-2)19(18(17)22)25-20(23)24/h13-14,21-22H,3-12,15H2,1-2H3,(H,23,24). The van der Waals surface area contributed by atoms with Crippen molar-refractivity contribution in [3.8, 4) is 11.5 Å². The van der Waals surface area contributed by atoms with Crippen LogP contribution in [0.4, 0.5) is 10.5 Å². The Morgan fingerprint density at radius 1 is 1.00 bits per heavy atom. The van der Waals surface area contributed by atoms with E-state index < -0.39 is 6.16 Å². The smallest absolute Gasteiger partial charge is 0.503 e. The van der Waals surface area contributed by atoms with Gasteiger partial charge in [-0.2, -0.15) is 0 Å². The van der Waals surface area contributed by atoms with Crippen LogP contribution in [0.5, 0.6) is 11.5 Å². The number of carbonyl (C=O) groups is 1. The van der Waals surface area contributed by atoms with Crippen molar-refractivity contribution in [2.24, 2.45) is 0 Å². The molecule has 1 rings (SSSR count). The summed E-state index contributed by atoms with van der Waals surface area (Å²) in [6.45, 7) is 5.07. The number of nitrogens with one attached hydrogen (secondary N) is 1. The molecule has 5 heteroatoms. The second-order valence-electron chi connectivity index (χ2n) is 6.47. The molecule has 0 saturated heterocycles. The van der Waals surface area contributed by atoms with Crippen LogP contribution in [0.1, 0.15) is 77.2 Å². The summed E-state index contributed by atoms with van der Waals surface area (Å²) < 4.78 is 4.85. The zero-order valence-electron chi connectivity index (χ0n) is 15.6. The number of carboxylic acid groups (broad SMARTS) is 1. The van der Waals surface area contributed by atoms with Gasteiger partial charge in [-0.3, -0.25) is 0 Å². The molecule has 0 aliphatic heterocycles. The summed E-state index contributed by atoms with van der Waals surface area (Å²) in [7, 11) is 0. The van der Waals surface area contributed by atoms with Gasteiger partial charge in [-0.05, 0) is 30.9 Å². The van der Waals surface area contributed by atoms with Crippen molar-refractivity contribution < 1.29 is 19.7 Å². The Labute approximate surface area is 151 Å². The van der Waals surface area contributed by atoms with Crippen LogP contribution in [0.3, 0.4) is 0 Å². The Morgan fingerprint density at radius 2 is 1.64 bits per heavy atom. The summed E-state index contributed by atoms with van der Waals surface area (Å²) in [4.78, 5) is 10.9. The zero-order valence-corrected chi connectivity index (χ0v) is 15.6. The molecular formula is C20H33NO4. The van der Waals surface area contributed by atoms with Crippen LogP contribution in [0, 0.1) is 0 Å². The summed E-state index contributed by atoms with van der Waals surface area (Å²) in [6.07, 6.45) is 9.57. The van der Waals surface area contributed by atoms with Crippen molar-refractivity contribution >= 4 is 11.8 Å². The number of benzene rings is 1. The largest absolute Gasteiger partial charge is 0.511 e. The third kappa shape index (κ3) is 8.14. The molecule has 0 atom stereocenters. The van der Waals surface area contributed by atoms with Gasteiger partial charge in [0.1, 0.15) is 0 Å². The van der Waals surface area contributed by atoms with E-state index in [1.54, 1.807) is 0 Å². The molecule has 0 aromatic heterocycles. The SMILES string of the molecule is CCCCCCCCNc1ccc(CCCCC)c(OC(=O)O)c1O. The lowest BCUT2D eigenvalue weighted by Crippen LogP contribution is -2.08. The number of aryl methyl sites for hydroxylation is 1. The second kappa shape index (κ2) is 12.5. The number of unbranched alkanes of at least 4 members (excludes halogenated alkanes) is 7. The first-order valence-electron chi connectivity index (χ1n) is 9.59. The van der Waals surface area contributed by atoms with E-state index in [4.69, 9.17) is 9.84 Å². The van der Waals surface area contributed by atoms with Crippen LogP contribution in [0.15, 0.2) is 12.1 Å². The molecule has 0 unspecified atom stereocenters. The molecule has 0 amide bonds. The molecule has 0 fully saturated rings. The number of rotatable bonds is 13. The first-order valence-corrected chi connectivity index (χ1v) is 9.59. The molecule has 0 aliphatic carbocycles. The highest BCUT2D eigenvalue weighted by Crippen LogP contribution is 2.38. The van der Waals surface area contributed by atoms with Crippen LogP contribution in [0.25, 0.3) is 0 Å². The number of phenolic OH excluding ortho intramolecular Hbond substituents is 1. The molecule has 0 aliphatic rings. The average Bonchev–Trinajstić information content (AvgIpc) is 2.58. The van der Waals surface area contributed by atoms with Gasteiger partial charge in [-0.15, -0.1) is 0 Å². The summed E-state index contributed by atoms with van der Waals surface area (Å²) in [6, 6.07) is 3.65. The van der Waals surface area contributed by atoms with Gasteiger partial charge in [0, 0.05) is 6.54 Å². The number of ether oxygens (including phenoxy) is 1. The Hall–Kier alpha value is -1.91. The van der Waals surface area contributed by atoms with Crippen molar-refractivity contribution in [2.45, 2.75) is 78.1 Å². The maximum Gasteiger partial charge on any atom is 0.511 e. The van der Waals surface area contributed by atoms with Crippen molar-refractivity contribution in [2.75, 3.05) is 11.9 Å². The lowest BCUT2D eigenvalue weighted by Gasteiger charge is -2.15. The molecule has 5 nitrogen and oxygen atoms in total. The molecular weight excluding hydrogens is 318 g/mol. The van der Waals surface area contributed by atoms with Crippen LogP contribution < -0.4 is 10.1 Å². The lowest BCUT2D eigenvalue weighted by molar-refractivity contribution is 0.142. The van der Waals surface area contributed by atoms with Crippen LogP contribution >= 0.6 is 0 Å². The highest BCUT2D eigenvalue weighted by Gasteiger charge is 2.16. The van der Waals surface area contributed by atoms with E-state index >= 15 is 0 Å². The highest BCUT2D eigenvalue weighted by molar-refractivity contribution is 5.70. The molecule has 25 heavy (non-hydrogen) atoms. The number of phenols is 1. The van der Waals surface area contributed by atoms with Crippen LogP contribution in [0.2, 0.25) is 0 Å². The van der Waals surface area contributed by atoms with E-state index in [2.05, 4.69) is 19.2 Å². The van der Waals surface area contributed by atoms with E-state index in [9.17, 15) is 9.90 Å². The van der Waals surface area contributed by atoms with Crippen molar-refractivity contribution in [1.82, 2.24) is 0 Å².